The smallest absolute Gasteiger partial charge is 0.406 e. The third-order valence-electron chi connectivity index (χ3n) is 2.41. The summed E-state index contributed by atoms with van der Waals surface area (Å²) < 4.78 is 39.9. The van der Waals surface area contributed by atoms with E-state index in [2.05, 4.69) is 4.74 Å². The largest absolute Gasteiger partial charge is 0.573 e. The van der Waals surface area contributed by atoms with E-state index in [1.54, 1.807) is 6.07 Å². The maximum Gasteiger partial charge on any atom is 0.573 e. The summed E-state index contributed by atoms with van der Waals surface area (Å²) in [7, 11) is 0. The van der Waals surface area contributed by atoms with Crippen molar-refractivity contribution in [3.63, 3.8) is 0 Å². The lowest BCUT2D eigenvalue weighted by molar-refractivity contribution is -0.274. The Morgan fingerprint density at radius 1 is 1.18 bits per heavy atom. The Hall–Kier alpha value is -1.78. The molecule has 2 rings (SSSR count). The van der Waals surface area contributed by atoms with Crippen molar-refractivity contribution in [2.45, 2.75) is 19.2 Å². The molecule has 0 N–H and O–H groups in total. The molecule has 5 heteroatoms. The molecule has 1 aromatic rings. The van der Waals surface area contributed by atoms with Crippen molar-refractivity contribution in [3.8, 4) is 5.75 Å². The molecule has 0 radical (unpaired) electrons. The first-order valence-corrected chi connectivity index (χ1v) is 5.04. The van der Waals surface area contributed by atoms with E-state index in [4.69, 9.17) is 0 Å². The van der Waals surface area contributed by atoms with Crippen LogP contribution in [0.2, 0.25) is 0 Å². The summed E-state index contributed by atoms with van der Waals surface area (Å²) >= 11 is 0. The summed E-state index contributed by atoms with van der Waals surface area (Å²) in [5.41, 5.74) is 1.35. The molecule has 1 aromatic carbocycles. The van der Waals surface area contributed by atoms with Crippen LogP contribution in [0.4, 0.5) is 13.2 Å². The number of halogens is 3. The topological polar surface area (TPSA) is 26.3 Å². The molecular weight excluding hydrogens is 233 g/mol. The lowest BCUT2D eigenvalue weighted by Crippen LogP contribution is -2.17. The molecule has 2 nitrogen and oxygen atoms in total. The number of hydrogen-bond acceptors (Lipinski definition) is 2. The van der Waals surface area contributed by atoms with Gasteiger partial charge in [0.25, 0.3) is 0 Å². The van der Waals surface area contributed by atoms with Crippen molar-refractivity contribution in [3.05, 3.63) is 35.9 Å². The third kappa shape index (κ3) is 3.09. The van der Waals surface area contributed by atoms with Gasteiger partial charge in [0.05, 0.1) is 0 Å². The fraction of sp³-hybridized carbons (Fsp3) is 0.250. The van der Waals surface area contributed by atoms with E-state index in [0.29, 0.717) is 18.4 Å². The van der Waals surface area contributed by atoms with E-state index in [9.17, 15) is 18.0 Å². The Morgan fingerprint density at radius 2 is 1.94 bits per heavy atom. The lowest BCUT2D eigenvalue weighted by atomic mass is 10.1. The summed E-state index contributed by atoms with van der Waals surface area (Å²) in [6, 6.07) is 5.65. The number of ketones is 1. The quantitative estimate of drug-likeness (QED) is 0.795. The molecule has 0 amide bonds. The fourth-order valence-corrected chi connectivity index (χ4v) is 1.72. The Labute approximate surface area is 95.7 Å². The van der Waals surface area contributed by atoms with Crippen molar-refractivity contribution in [1.29, 1.82) is 0 Å². The molecule has 0 unspecified atom stereocenters. The summed E-state index contributed by atoms with van der Waals surface area (Å²) in [4.78, 5) is 11.1. The average molecular weight is 242 g/mol. The highest BCUT2D eigenvalue weighted by Crippen LogP contribution is 2.30. The van der Waals surface area contributed by atoms with Crippen LogP contribution < -0.4 is 4.74 Å². The Kier molecular flexibility index (Phi) is 2.92. The van der Waals surface area contributed by atoms with E-state index in [1.807, 2.05) is 0 Å². The minimum Gasteiger partial charge on any atom is -0.406 e. The van der Waals surface area contributed by atoms with E-state index in [0.717, 1.165) is 5.57 Å². The molecule has 0 atom stereocenters. The van der Waals surface area contributed by atoms with Gasteiger partial charge in [-0.2, -0.15) is 0 Å². The summed E-state index contributed by atoms with van der Waals surface area (Å²) in [5, 5.41) is 0. The highest BCUT2D eigenvalue weighted by molar-refractivity contribution is 6.01. The SMILES string of the molecule is O=C1C=C(c2cccc(OC(F)(F)F)c2)CC1. The maximum atomic E-state index is 12.0. The van der Waals surface area contributed by atoms with Gasteiger partial charge in [-0.15, -0.1) is 13.2 Å². The van der Waals surface area contributed by atoms with Crippen LogP contribution in [0.5, 0.6) is 5.75 Å². The number of rotatable bonds is 2. The van der Waals surface area contributed by atoms with Gasteiger partial charge in [-0.05, 0) is 35.8 Å². The number of hydrogen-bond donors (Lipinski definition) is 0. The Bertz CT molecular complexity index is 475. The predicted octanol–water partition coefficient (Wildman–Crippen LogP) is 3.33. The molecule has 17 heavy (non-hydrogen) atoms. The number of alkyl halides is 3. The molecule has 1 aliphatic carbocycles. The third-order valence-corrected chi connectivity index (χ3v) is 2.41. The summed E-state index contributed by atoms with van der Waals surface area (Å²) in [6.45, 7) is 0. The highest BCUT2D eigenvalue weighted by Gasteiger charge is 2.31. The number of carbonyl (C=O) groups is 1. The molecule has 0 heterocycles. The Balaban J connectivity index is 2.23. The van der Waals surface area contributed by atoms with E-state index >= 15 is 0 Å². The van der Waals surface area contributed by atoms with Crippen molar-refractivity contribution in [2.75, 3.05) is 0 Å². The summed E-state index contributed by atoms with van der Waals surface area (Å²) in [6.07, 6.45) is -2.25. The zero-order valence-electron chi connectivity index (χ0n) is 8.75. The maximum absolute atomic E-state index is 12.0. The monoisotopic (exact) mass is 242 g/mol. The van der Waals surface area contributed by atoms with Crippen LogP contribution in [0, 0.1) is 0 Å². The van der Waals surface area contributed by atoms with Crippen molar-refractivity contribution in [1.82, 2.24) is 0 Å². The molecule has 0 bridgehead atoms. The van der Waals surface area contributed by atoms with Gasteiger partial charge >= 0.3 is 6.36 Å². The molecule has 0 spiro atoms. The number of carbonyl (C=O) groups excluding carboxylic acids is 1. The molecule has 0 saturated heterocycles. The van der Waals surface area contributed by atoms with Gasteiger partial charge in [0, 0.05) is 6.42 Å². The van der Waals surface area contributed by atoms with Gasteiger partial charge in [-0.3, -0.25) is 4.79 Å². The summed E-state index contributed by atoms with van der Waals surface area (Å²) in [5.74, 6) is -0.266. The fourth-order valence-electron chi connectivity index (χ4n) is 1.72. The van der Waals surface area contributed by atoms with Gasteiger partial charge in [0.2, 0.25) is 0 Å². The van der Waals surface area contributed by atoms with Gasteiger partial charge in [0.1, 0.15) is 5.75 Å². The van der Waals surface area contributed by atoms with Crippen LogP contribution in [0.1, 0.15) is 18.4 Å². The molecule has 0 aromatic heterocycles. The average Bonchev–Trinajstić information content (AvgIpc) is 2.63. The zero-order valence-corrected chi connectivity index (χ0v) is 8.75. The van der Waals surface area contributed by atoms with E-state index in [1.165, 1.54) is 24.3 Å². The number of benzene rings is 1. The van der Waals surface area contributed by atoms with Gasteiger partial charge in [0.15, 0.2) is 5.78 Å². The van der Waals surface area contributed by atoms with Gasteiger partial charge in [-0.1, -0.05) is 12.1 Å². The van der Waals surface area contributed by atoms with Gasteiger partial charge < -0.3 is 4.74 Å². The van der Waals surface area contributed by atoms with Crippen LogP contribution in [0.3, 0.4) is 0 Å². The zero-order chi connectivity index (χ0) is 12.5. The molecule has 0 aliphatic heterocycles. The second-order valence-electron chi connectivity index (χ2n) is 3.71. The van der Waals surface area contributed by atoms with Gasteiger partial charge in [-0.25, -0.2) is 0 Å². The standard InChI is InChI=1S/C12H9F3O2/c13-12(14,15)17-11-3-1-2-8(7-11)9-4-5-10(16)6-9/h1-3,6-7H,4-5H2. The molecular formula is C12H9F3O2. The first-order chi connectivity index (χ1) is 7.94. The normalized spacial score (nSPS) is 15.9. The van der Waals surface area contributed by atoms with Crippen molar-refractivity contribution < 1.29 is 22.7 Å². The van der Waals surface area contributed by atoms with Crippen LogP contribution in [-0.4, -0.2) is 12.1 Å². The van der Waals surface area contributed by atoms with Crippen LogP contribution in [0.15, 0.2) is 30.3 Å². The highest BCUT2D eigenvalue weighted by atomic mass is 19.4. The molecule has 0 fully saturated rings. The van der Waals surface area contributed by atoms with Crippen LogP contribution in [0.25, 0.3) is 5.57 Å². The molecule has 90 valence electrons. The Morgan fingerprint density at radius 3 is 2.53 bits per heavy atom. The molecule has 0 saturated carbocycles. The number of ether oxygens (including phenoxy) is 1. The van der Waals surface area contributed by atoms with Crippen molar-refractivity contribution in [2.24, 2.45) is 0 Å². The van der Waals surface area contributed by atoms with Crippen molar-refractivity contribution >= 4 is 11.4 Å². The van der Waals surface area contributed by atoms with Crippen LogP contribution >= 0.6 is 0 Å². The molecule has 1 aliphatic rings. The first-order valence-electron chi connectivity index (χ1n) is 5.04. The lowest BCUT2D eigenvalue weighted by Gasteiger charge is -2.10. The minimum absolute atomic E-state index is 0.00198. The second kappa shape index (κ2) is 4.24. The second-order valence-corrected chi connectivity index (χ2v) is 3.71. The first kappa shape index (κ1) is 11.7. The predicted molar refractivity (Wildman–Crippen MR) is 55.3 cm³/mol. The van der Waals surface area contributed by atoms with E-state index < -0.39 is 6.36 Å². The van der Waals surface area contributed by atoms with E-state index in [-0.39, 0.29) is 11.5 Å². The van der Waals surface area contributed by atoms with Crippen LogP contribution in [-0.2, 0) is 4.79 Å². The minimum atomic E-state index is -4.70. The number of allylic oxidation sites excluding steroid dienone is 2.